The molecule has 1 aliphatic heterocycles. The summed E-state index contributed by atoms with van der Waals surface area (Å²) in [5.74, 6) is -2.96. The Morgan fingerprint density at radius 3 is 2.77 bits per heavy atom. The molecule has 1 amide bonds. The number of nitrogens with zero attached hydrogens (tertiary/aromatic N) is 3. The second-order valence-corrected chi connectivity index (χ2v) is 9.07. The molecule has 1 saturated heterocycles. The number of rotatable bonds is 7. The number of fused-ring (bicyclic) bond motifs is 1. The van der Waals surface area contributed by atoms with Crippen LogP contribution in [0.25, 0.3) is 11.0 Å². The lowest BCUT2D eigenvalue weighted by atomic mass is 9.95. The molecule has 2 aromatic heterocycles. The van der Waals surface area contributed by atoms with Crippen LogP contribution in [0.4, 0.5) is 13.6 Å². The summed E-state index contributed by atoms with van der Waals surface area (Å²) in [6.45, 7) is 5.65. The van der Waals surface area contributed by atoms with E-state index < -0.39 is 23.5 Å². The highest BCUT2D eigenvalue weighted by Gasteiger charge is 2.44. The van der Waals surface area contributed by atoms with E-state index in [0.29, 0.717) is 43.6 Å². The highest BCUT2D eigenvalue weighted by molar-refractivity contribution is 5.81. The first kappa shape index (κ1) is 23.2. The predicted molar refractivity (Wildman–Crippen MR) is 115 cm³/mol. The minimum Gasteiger partial charge on any atom is -0.496 e. The number of unbranched alkanes of at least 4 members (excludes halogenated alkanes) is 1. The molecule has 1 fully saturated rings. The largest absolute Gasteiger partial charge is 0.496 e. The van der Waals surface area contributed by atoms with Crippen molar-refractivity contribution in [1.82, 2.24) is 14.9 Å². The van der Waals surface area contributed by atoms with E-state index in [1.54, 1.807) is 34.1 Å². The van der Waals surface area contributed by atoms with E-state index in [2.05, 4.69) is 9.97 Å². The predicted octanol–water partition coefficient (Wildman–Crippen LogP) is 5.24. The first-order valence-electron chi connectivity index (χ1n) is 10.7. The number of hydrogen-bond acceptors (Lipinski definition) is 5. The highest BCUT2D eigenvalue weighted by Crippen LogP contribution is 2.37. The van der Waals surface area contributed by atoms with E-state index >= 15 is 0 Å². The average Bonchev–Trinajstić information content (AvgIpc) is 3.21. The molecule has 0 unspecified atom stereocenters. The molecular formula is C23H31F2N3O3. The molecule has 2 aromatic rings. The molecule has 31 heavy (non-hydrogen) atoms. The monoisotopic (exact) mass is 435 g/mol. The second-order valence-electron chi connectivity index (χ2n) is 9.07. The summed E-state index contributed by atoms with van der Waals surface area (Å²) in [4.78, 5) is 22.3. The molecule has 170 valence electrons. The maximum atomic E-state index is 14.7. The van der Waals surface area contributed by atoms with Crippen molar-refractivity contribution in [3.05, 3.63) is 30.1 Å². The normalized spacial score (nSPS) is 17.2. The lowest BCUT2D eigenvalue weighted by Crippen LogP contribution is -2.37. The third-order valence-corrected chi connectivity index (χ3v) is 5.45. The molecule has 0 aliphatic carbocycles. The number of alkyl halides is 2. The Hall–Kier alpha value is -2.51. The van der Waals surface area contributed by atoms with Crippen LogP contribution in [0.1, 0.15) is 52.1 Å². The molecule has 0 saturated carbocycles. The summed E-state index contributed by atoms with van der Waals surface area (Å²) in [6, 6.07) is 5.56. The van der Waals surface area contributed by atoms with E-state index in [1.165, 1.54) is 4.90 Å². The lowest BCUT2D eigenvalue weighted by Gasteiger charge is -2.26. The third-order valence-electron chi connectivity index (χ3n) is 5.45. The van der Waals surface area contributed by atoms with Gasteiger partial charge >= 0.3 is 6.09 Å². The molecule has 1 atom stereocenters. The number of methoxy groups -OCH3 is 1. The number of hydrogen-bond donors (Lipinski definition) is 0. The third kappa shape index (κ3) is 6.02. The van der Waals surface area contributed by atoms with Crippen LogP contribution >= 0.6 is 0 Å². The maximum absolute atomic E-state index is 14.7. The zero-order chi connectivity index (χ0) is 22.6. The Morgan fingerprint density at radius 2 is 2.06 bits per heavy atom. The average molecular weight is 436 g/mol. The number of amides is 1. The van der Waals surface area contributed by atoms with Crippen LogP contribution in [0.2, 0.25) is 0 Å². The zero-order valence-electron chi connectivity index (χ0n) is 18.7. The number of likely N-dealkylation sites (tertiary alicyclic amines) is 1. The quantitative estimate of drug-likeness (QED) is 0.556. The SMILES string of the molecule is COc1cc(CCCCC(F)(F)[C@@H]2CCN(C(=O)OC(C)(C)C)C2)nc2ncccc12. The van der Waals surface area contributed by atoms with Crippen LogP contribution in [-0.2, 0) is 11.2 Å². The van der Waals surface area contributed by atoms with Crippen molar-refractivity contribution in [3.8, 4) is 5.75 Å². The molecule has 0 radical (unpaired) electrons. The highest BCUT2D eigenvalue weighted by atomic mass is 19.3. The van der Waals surface area contributed by atoms with Crippen molar-refractivity contribution < 1.29 is 23.0 Å². The molecule has 0 aromatic carbocycles. The summed E-state index contributed by atoms with van der Waals surface area (Å²) in [5.41, 5.74) is 0.742. The molecule has 1 aliphatic rings. The second kappa shape index (κ2) is 9.32. The molecule has 0 bridgehead atoms. The molecule has 0 N–H and O–H groups in total. The van der Waals surface area contributed by atoms with Crippen molar-refractivity contribution in [2.24, 2.45) is 5.92 Å². The van der Waals surface area contributed by atoms with E-state index in [-0.39, 0.29) is 13.0 Å². The first-order chi connectivity index (χ1) is 14.6. The molecule has 3 rings (SSSR count). The van der Waals surface area contributed by atoms with Gasteiger partial charge in [-0.15, -0.1) is 0 Å². The van der Waals surface area contributed by atoms with Crippen LogP contribution in [0.5, 0.6) is 5.75 Å². The van der Waals surface area contributed by atoms with Gasteiger partial charge in [0.15, 0.2) is 5.65 Å². The molecule has 6 nitrogen and oxygen atoms in total. The number of aromatic nitrogens is 2. The van der Waals surface area contributed by atoms with Gasteiger partial charge in [0, 0.05) is 43.4 Å². The molecule has 0 spiro atoms. The summed E-state index contributed by atoms with van der Waals surface area (Å²) < 4.78 is 40.2. The molecule has 3 heterocycles. The van der Waals surface area contributed by atoms with Crippen LogP contribution in [-0.4, -0.2) is 52.7 Å². The molecular weight excluding hydrogens is 404 g/mol. The summed E-state index contributed by atoms with van der Waals surface area (Å²) in [6.07, 6.45) is 2.78. The Labute approximate surface area is 182 Å². The van der Waals surface area contributed by atoms with Gasteiger partial charge < -0.3 is 14.4 Å². The first-order valence-corrected chi connectivity index (χ1v) is 10.7. The van der Waals surface area contributed by atoms with Gasteiger partial charge in [-0.3, -0.25) is 0 Å². The van der Waals surface area contributed by atoms with E-state index in [0.717, 1.165) is 11.1 Å². The number of carbonyl (C=O) groups is 1. The van der Waals surface area contributed by atoms with Crippen LogP contribution in [0.15, 0.2) is 24.4 Å². The maximum Gasteiger partial charge on any atom is 0.410 e. The number of ether oxygens (including phenoxy) is 2. The van der Waals surface area contributed by atoms with E-state index in [1.807, 2.05) is 18.2 Å². The van der Waals surface area contributed by atoms with Gasteiger partial charge in [-0.2, -0.15) is 0 Å². The van der Waals surface area contributed by atoms with Crippen molar-refractivity contribution in [3.63, 3.8) is 0 Å². The van der Waals surface area contributed by atoms with Gasteiger partial charge in [-0.05, 0) is 58.6 Å². The summed E-state index contributed by atoms with van der Waals surface area (Å²) in [7, 11) is 1.59. The van der Waals surface area contributed by atoms with Crippen molar-refractivity contribution in [2.45, 2.75) is 64.4 Å². The number of aryl methyl sites for hydroxylation is 1. The fraction of sp³-hybridized carbons (Fsp3) is 0.609. The van der Waals surface area contributed by atoms with E-state index in [9.17, 15) is 13.6 Å². The fourth-order valence-corrected chi connectivity index (χ4v) is 3.84. The Bertz CT molecular complexity index is 915. The molecule has 8 heteroatoms. The Balaban J connectivity index is 1.50. The summed E-state index contributed by atoms with van der Waals surface area (Å²) in [5, 5.41) is 0.830. The van der Waals surface area contributed by atoms with Gasteiger partial charge in [0.05, 0.1) is 12.5 Å². The van der Waals surface area contributed by atoms with E-state index in [4.69, 9.17) is 9.47 Å². The minimum absolute atomic E-state index is 0.0387. The van der Waals surface area contributed by atoms with Gasteiger partial charge in [0.25, 0.3) is 5.92 Å². The van der Waals surface area contributed by atoms with Crippen molar-refractivity contribution in [2.75, 3.05) is 20.2 Å². The van der Waals surface area contributed by atoms with Gasteiger partial charge in [0.2, 0.25) is 0 Å². The van der Waals surface area contributed by atoms with Gasteiger partial charge in [0.1, 0.15) is 11.4 Å². The Morgan fingerprint density at radius 1 is 1.29 bits per heavy atom. The lowest BCUT2D eigenvalue weighted by molar-refractivity contribution is -0.0631. The number of pyridine rings is 2. The van der Waals surface area contributed by atoms with Crippen molar-refractivity contribution in [1.29, 1.82) is 0 Å². The zero-order valence-corrected chi connectivity index (χ0v) is 18.7. The topological polar surface area (TPSA) is 64.5 Å². The Kier molecular flexibility index (Phi) is 6.96. The van der Waals surface area contributed by atoms with Crippen LogP contribution in [0.3, 0.4) is 0 Å². The van der Waals surface area contributed by atoms with Crippen LogP contribution in [0, 0.1) is 5.92 Å². The van der Waals surface area contributed by atoms with Gasteiger partial charge in [-0.25, -0.2) is 23.5 Å². The minimum atomic E-state index is -2.81. The number of halogens is 2. The fourth-order valence-electron chi connectivity index (χ4n) is 3.84. The van der Waals surface area contributed by atoms with Crippen LogP contribution < -0.4 is 4.74 Å². The number of carbonyl (C=O) groups excluding carboxylic acids is 1. The summed E-state index contributed by atoms with van der Waals surface area (Å²) >= 11 is 0. The van der Waals surface area contributed by atoms with Crippen molar-refractivity contribution >= 4 is 17.1 Å². The standard InChI is InChI=1S/C23H31F2N3O3/c1-22(2,3)31-21(29)28-13-10-16(15-28)23(24,25)11-6-5-8-17-14-19(30-4)18-9-7-12-26-20(18)27-17/h7,9,12,14,16H,5-6,8,10-11,13,15H2,1-4H3/t16-/m1/s1. The smallest absolute Gasteiger partial charge is 0.410 e. The van der Waals surface area contributed by atoms with Gasteiger partial charge in [-0.1, -0.05) is 0 Å².